The smallest absolute Gasteiger partial charge is 0.399 e. The first kappa shape index (κ1) is 21.6. The van der Waals surface area contributed by atoms with Crippen LogP contribution in [0.5, 0.6) is 0 Å². The second-order valence-electron chi connectivity index (χ2n) is 7.50. The highest BCUT2D eigenvalue weighted by Crippen LogP contribution is 2.37. The van der Waals surface area contributed by atoms with Crippen molar-refractivity contribution in [2.75, 3.05) is 27.3 Å². The number of hydrogen-bond donors (Lipinski definition) is 1. The van der Waals surface area contributed by atoms with Crippen LogP contribution in [0.4, 0.5) is 5.69 Å². The van der Waals surface area contributed by atoms with Crippen LogP contribution in [0.2, 0.25) is 5.15 Å². The summed E-state index contributed by atoms with van der Waals surface area (Å²) in [6.07, 6.45) is 1.51. The number of quaternary nitrogens is 1. The third-order valence-corrected chi connectivity index (χ3v) is 6.95. The van der Waals surface area contributed by atoms with E-state index in [1.54, 1.807) is 6.07 Å². The van der Waals surface area contributed by atoms with Crippen molar-refractivity contribution < 1.29 is 22.5 Å². The van der Waals surface area contributed by atoms with Gasteiger partial charge in [-0.1, -0.05) is 11.6 Å². The molecule has 2 N–H and O–H groups in total. The minimum absolute atomic E-state index is 0.0397. The van der Waals surface area contributed by atoms with Gasteiger partial charge in [0.25, 0.3) is 0 Å². The monoisotopic (exact) mass is 406 g/mol. The molecule has 1 aromatic rings. The van der Waals surface area contributed by atoms with Gasteiger partial charge >= 0.3 is 17.3 Å². The number of ether oxygens (including phenoxy) is 1. The Morgan fingerprint density at radius 2 is 1.85 bits per heavy atom. The van der Waals surface area contributed by atoms with E-state index in [1.807, 2.05) is 27.7 Å². The Kier molecular flexibility index (Phi) is 5.81. The highest BCUT2D eigenvalue weighted by molar-refractivity contribution is 7.88. The number of likely N-dealkylation sites (N-methyl/N-ethyl adjacent to an activating group) is 1. The van der Waals surface area contributed by atoms with Crippen LogP contribution in [0, 0.1) is 0 Å². The predicted octanol–water partition coefficient (Wildman–Crippen LogP) is 0.821. The van der Waals surface area contributed by atoms with Crippen LogP contribution in [-0.4, -0.2) is 59.0 Å². The molecule has 1 aliphatic heterocycles. The molecule has 1 atom stereocenters. The van der Waals surface area contributed by atoms with Gasteiger partial charge in [0.05, 0.1) is 24.9 Å². The van der Waals surface area contributed by atoms with Gasteiger partial charge < -0.3 is 14.0 Å². The van der Waals surface area contributed by atoms with E-state index in [2.05, 4.69) is 4.98 Å². The molecule has 0 radical (unpaired) electrons. The summed E-state index contributed by atoms with van der Waals surface area (Å²) in [5.41, 5.74) is -0.274. The zero-order valence-electron chi connectivity index (χ0n) is 15.9. The van der Waals surface area contributed by atoms with Crippen molar-refractivity contribution in [2.45, 2.75) is 38.9 Å². The minimum Gasteiger partial charge on any atom is -0.399 e. The van der Waals surface area contributed by atoms with Gasteiger partial charge in [0.15, 0.2) is 10.8 Å². The third-order valence-electron chi connectivity index (χ3n) is 5.16. The maximum Gasteiger partial charge on any atom is 0.496 e. The molecule has 0 saturated carbocycles. The zero-order valence-corrected chi connectivity index (χ0v) is 17.5. The van der Waals surface area contributed by atoms with Crippen molar-refractivity contribution in [1.29, 1.82) is 0 Å². The van der Waals surface area contributed by atoms with Crippen molar-refractivity contribution in [2.24, 2.45) is 5.14 Å². The summed E-state index contributed by atoms with van der Waals surface area (Å²) >= 11 is 6.22. The Morgan fingerprint density at radius 3 is 2.31 bits per heavy atom. The SMILES string of the molecule is COCC[N+](C)(c1cc(B2OC(C)(C)C(C)(C)O2)cnc1Cl)S(N)(=O)=O. The van der Waals surface area contributed by atoms with Gasteiger partial charge in [-0.25, -0.2) is 4.98 Å². The fraction of sp³-hybridized carbons (Fsp3) is 0.667. The van der Waals surface area contributed by atoms with Crippen LogP contribution >= 0.6 is 11.6 Å². The van der Waals surface area contributed by atoms with E-state index >= 15 is 0 Å². The molecule has 2 heterocycles. The molecule has 11 heteroatoms. The first-order valence-corrected chi connectivity index (χ1v) is 10.0. The fourth-order valence-corrected chi connectivity index (χ4v) is 3.62. The van der Waals surface area contributed by atoms with Crippen molar-refractivity contribution >= 4 is 40.1 Å². The minimum atomic E-state index is -4.05. The van der Waals surface area contributed by atoms with Crippen molar-refractivity contribution in [3.05, 3.63) is 17.4 Å². The number of pyridine rings is 1. The molecule has 2 rings (SSSR count). The van der Waals surface area contributed by atoms with Crippen LogP contribution in [0.15, 0.2) is 12.3 Å². The van der Waals surface area contributed by atoms with E-state index in [4.69, 9.17) is 30.8 Å². The van der Waals surface area contributed by atoms with Crippen molar-refractivity contribution in [3.63, 3.8) is 0 Å². The zero-order chi connectivity index (χ0) is 20.0. The van der Waals surface area contributed by atoms with Crippen LogP contribution in [0.1, 0.15) is 27.7 Å². The number of nitrogens with zero attached hydrogens (tertiary/aromatic N) is 2. The van der Waals surface area contributed by atoms with Crippen LogP contribution in [0.3, 0.4) is 0 Å². The molecular weight excluding hydrogens is 381 g/mol. The van der Waals surface area contributed by atoms with E-state index in [9.17, 15) is 8.42 Å². The summed E-state index contributed by atoms with van der Waals surface area (Å²) < 4.78 is 41.0. The van der Waals surface area contributed by atoms with Gasteiger partial charge in [-0.2, -0.15) is 17.4 Å². The normalized spacial score (nSPS) is 21.6. The van der Waals surface area contributed by atoms with E-state index in [0.29, 0.717) is 5.46 Å². The molecule has 0 aromatic carbocycles. The molecule has 1 unspecified atom stereocenters. The van der Waals surface area contributed by atoms with Gasteiger partial charge in [-0.05, 0) is 27.7 Å². The fourth-order valence-electron chi connectivity index (χ4n) is 2.54. The van der Waals surface area contributed by atoms with Crippen LogP contribution < -0.4 is 14.5 Å². The first-order chi connectivity index (χ1) is 11.7. The molecule has 1 saturated heterocycles. The van der Waals surface area contributed by atoms with Gasteiger partial charge in [0, 0.05) is 24.8 Å². The number of methoxy groups -OCH3 is 1. The maximum absolute atomic E-state index is 12.3. The molecule has 0 amide bonds. The Labute approximate surface area is 160 Å². The van der Waals surface area contributed by atoms with Crippen LogP contribution in [-0.2, 0) is 24.3 Å². The number of rotatable bonds is 6. The van der Waals surface area contributed by atoms with E-state index in [0.717, 1.165) is 0 Å². The van der Waals surface area contributed by atoms with Crippen molar-refractivity contribution in [3.8, 4) is 0 Å². The van der Waals surface area contributed by atoms with E-state index in [1.165, 1.54) is 20.4 Å². The second kappa shape index (κ2) is 7.01. The quantitative estimate of drug-likeness (QED) is 0.426. The van der Waals surface area contributed by atoms with Gasteiger partial charge in [0.2, 0.25) is 0 Å². The molecule has 1 aliphatic rings. The summed E-state index contributed by atoms with van der Waals surface area (Å²) in [5.74, 6) is 0. The Bertz CT molecular complexity index is 773. The summed E-state index contributed by atoms with van der Waals surface area (Å²) in [4.78, 5) is 4.14. The topological polar surface area (TPSA) is 101 Å². The largest absolute Gasteiger partial charge is 0.496 e. The lowest BCUT2D eigenvalue weighted by Gasteiger charge is -2.32. The highest BCUT2D eigenvalue weighted by Gasteiger charge is 2.52. The first-order valence-electron chi connectivity index (χ1n) is 8.14. The highest BCUT2D eigenvalue weighted by atomic mass is 35.5. The number of halogens is 1. The number of aromatic nitrogens is 1. The standard InChI is InChI=1S/C15H26BClN3O5S/c1-14(2)15(3,4)25-16(24-14)11-9-12(13(17)19-10-11)20(5,7-8-23-6)26(18,21)22/h9-10H,7-8H2,1-6H3,(H2,18,21,22)/q+1. The molecule has 0 bridgehead atoms. The van der Waals surface area contributed by atoms with Crippen molar-refractivity contribution in [1.82, 2.24) is 8.87 Å². The molecule has 1 aromatic heterocycles. The van der Waals surface area contributed by atoms with E-state index in [-0.39, 0.29) is 24.0 Å². The molecule has 1 fully saturated rings. The summed E-state index contributed by atoms with van der Waals surface area (Å²) in [6.45, 7) is 7.97. The lowest BCUT2D eigenvalue weighted by Crippen LogP contribution is -2.56. The summed E-state index contributed by atoms with van der Waals surface area (Å²) in [5, 5.41) is 5.53. The third kappa shape index (κ3) is 3.77. The molecule has 0 spiro atoms. The van der Waals surface area contributed by atoms with Gasteiger partial charge in [0.1, 0.15) is 6.54 Å². The number of hydrogen-bond acceptors (Lipinski definition) is 6. The van der Waals surface area contributed by atoms with Gasteiger partial charge in [-0.3, -0.25) is 0 Å². The summed E-state index contributed by atoms with van der Waals surface area (Å²) in [6, 6.07) is 1.61. The lowest BCUT2D eigenvalue weighted by molar-refractivity contribution is 0.00578. The van der Waals surface area contributed by atoms with E-state index < -0.39 is 32.4 Å². The second-order valence-corrected chi connectivity index (χ2v) is 9.69. The molecular formula is C15H26BClN3O5S+. The Hall–Kier alpha value is -0.745. The molecule has 8 nitrogen and oxygen atoms in total. The maximum atomic E-state index is 12.3. The summed E-state index contributed by atoms with van der Waals surface area (Å²) in [7, 11) is -1.81. The number of nitrogens with two attached hydrogens (primary N) is 1. The van der Waals surface area contributed by atoms with Crippen LogP contribution in [0.25, 0.3) is 0 Å². The Morgan fingerprint density at radius 1 is 1.31 bits per heavy atom. The predicted molar refractivity (Wildman–Crippen MR) is 103 cm³/mol. The molecule has 146 valence electrons. The molecule has 0 aliphatic carbocycles. The average molecular weight is 407 g/mol. The molecule has 26 heavy (non-hydrogen) atoms. The Balaban J connectivity index is 2.50. The average Bonchev–Trinajstić information content (AvgIpc) is 2.72. The lowest BCUT2D eigenvalue weighted by atomic mass is 9.80. The van der Waals surface area contributed by atoms with Gasteiger partial charge in [-0.15, -0.1) is 0 Å².